The molecule has 2 N–H and O–H groups in total. The van der Waals surface area contributed by atoms with Crippen LogP contribution in [0.4, 0.5) is 5.69 Å². The van der Waals surface area contributed by atoms with Crippen LogP contribution in [0.1, 0.15) is 5.56 Å². The van der Waals surface area contributed by atoms with Crippen molar-refractivity contribution in [2.45, 2.75) is 16.2 Å². The zero-order chi connectivity index (χ0) is 17.7. The number of sulfonamides is 2. The minimum absolute atomic E-state index is 0.0612. The number of nitrogens with zero attached hydrogens (tertiary/aromatic N) is 1. The number of hydrogen-bond acceptors (Lipinski definition) is 4. The molecular weight excluding hydrogens is 395 g/mol. The highest BCUT2D eigenvalue weighted by atomic mass is 35.5. The zero-order valence-corrected chi connectivity index (χ0v) is 15.3. The maximum atomic E-state index is 12.9. The third kappa shape index (κ3) is 3.12. The molecule has 0 spiro atoms. The lowest BCUT2D eigenvalue weighted by Crippen LogP contribution is -2.29. The number of fused-ring (bicyclic) bond motifs is 1. The van der Waals surface area contributed by atoms with E-state index in [1.807, 2.05) is 0 Å². The maximum absolute atomic E-state index is 12.9. The van der Waals surface area contributed by atoms with Gasteiger partial charge in [-0.2, -0.15) is 0 Å². The molecule has 0 radical (unpaired) electrons. The standard InChI is InChI=1S/C14H12Cl2N2O4S2/c15-10-5-11(16)7-13(6-10)24(21,22)18-4-3-9-1-2-12(8-14(9)18)23(17,19)20/h1-2,5-8H,3-4H2,(H2,17,19,20). The predicted molar refractivity (Wildman–Crippen MR) is 92.5 cm³/mol. The summed E-state index contributed by atoms with van der Waals surface area (Å²) in [6.45, 7) is 0.190. The smallest absolute Gasteiger partial charge is 0.264 e. The number of benzene rings is 2. The van der Waals surface area contributed by atoms with Gasteiger partial charge in [-0.3, -0.25) is 4.31 Å². The molecule has 10 heteroatoms. The highest BCUT2D eigenvalue weighted by molar-refractivity contribution is 7.93. The molecule has 1 heterocycles. The van der Waals surface area contributed by atoms with Gasteiger partial charge in [-0.1, -0.05) is 29.3 Å². The Labute approximate surface area is 149 Å². The van der Waals surface area contributed by atoms with Crippen molar-refractivity contribution in [2.24, 2.45) is 5.14 Å². The molecule has 1 aliphatic heterocycles. The lowest BCUT2D eigenvalue weighted by atomic mass is 10.2. The first kappa shape index (κ1) is 17.5. The van der Waals surface area contributed by atoms with Gasteiger partial charge in [0.25, 0.3) is 10.0 Å². The molecular formula is C14H12Cl2N2O4S2. The lowest BCUT2D eigenvalue weighted by molar-refractivity contribution is 0.591. The highest BCUT2D eigenvalue weighted by Gasteiger charge is 2.32. The summed E-state index contributed by atoms with van der Waals surface area (Å²) in [6, 6.07) is 8.21. The molecule has 24 heavy (non-hydrogen) atoms. The molecule has 0 saturated carbocycles. The summed E-state index contributed by atoms with van der Waals surface area (Å²) in [5, 5.41) is 5.51. The van der Waals surface area contributed by atoms with Crippen molar-refractivity contribution in [2.75, 3.05) is 10.8 Å². The third-order valence-corrected chi connectivity index (χ3v) is 6.80. The Bertz CT molecular complexity index is 1020. The van der Waals surface area contributed by atoms with E-state index in [2.05, 4.69) is 0 Å². The molecule has 0 fully saturated rings. The van der Waals surface area contributed by atoms with Crippen molar-refractivity contribution in [3.63, 3.8) is 0 Å². The van der Waals surface area contributed by atoms with E-state index in [1.54, 1.807) is 6.07 Å². The van der Waals surface area contributed by atoms with Gasteiger partial charge in [-0.15, -0.1) is 0 Å². The first-order chi connectivity index (χ1) is 11.1. The monoisotopic (exact) mass is 406 g/mol. The van der Waals surface area contributed by atoms with Gasteiger partial charge < -0.3 is 0 Å². The number of anilines is 1. The van der Waals surface area contributed by atoms with Gasteiger partial charge in [0.05, 0.1) is 15.5 Å². The fourth-order valence-corrected chi connectivity index (χ4v) is 5.32. The van der Waals surface area contributed by atoms with Crippen LogP contribution in [0, 0.1) is 0 Å². The molecule has 0 saturated heterocycles. The van der Waals surface area contributed by atoms with E-state index >= 15 is 0 Å². The fourth-order valence-electron chi connectivity index (χ4n) is 2.56. The molecule has 0 bridgehead atoms. The van der Waals surface area contributed by atoms with Crippen molar-refractivity contribution in [1.82, 2.24) is 0 Å². The topological polar surface area (TPSA) is 97.5 Å². The molecule has 128 valence electrons. The van der Waals surface area contributed by atoms with Gasteiger partial charge in [0, 0.05) is 16.6 Å². The second-order valence-corrected chi connectivity index (χ2v) is 9.56. The summed E-state index contributed by atoms with van der Waals surface area (Å²) in [5.74, 6) is 0. The summed E-state index contributed by atoms with van der Waals surface area (Å²) in [5.41, 5.74) is 1.01. The Morgan fingerprint density at radius 2 is 1.54 bits per heavy atom. The number of primary sulfonamides is 1. The van der Waals surface area contributed by atoms with Crippen LogP contribution in [0.5, 0.6) is 0 Å². The van der Waals surface area contributed by atoms with E-state index in [9.17, 15) is 16.8 Å². The minimum Gasteiger partial charge on any atom is -0.266 e. The second-order valence-electron chi connectivity index (χ2n) is 5.27. The maximum Gasteiger partial charge on any atom is 0.264 e. The summed E-state index contributed by atoms with van der Waals surface area (Å²) in [6.07, 6.45) is 0.466. The van der Waals surface area contributed by atoms with Crippen LogP contribution in [0.25, 0.3) is 0 Å². The van der Waals surface area contributed by atoms with Crippen LogP contribution < -0.4 is 9.44 Å². The Morgan fingerprint density at radius 1 is 0.917 bits per heavy atom. The van der Waals surface area contributed by atoms with Gasteiger partial charge in [0.15, 0.2) is 0 Å². The lowest BCUT2D eigenvalue weighted by Gasteiger charge is -2.20. The van der Waals surface area contributed by atoms with E-state index in [4.69, 9.17) is 28.3 Å². The van der Waals surface area contributed by atoms with E-state index in [0.717, 1.165) is 9.87 Å². The first-order valence-corrected chi connectivity index (χ1v) is 10.5. The quantitative estimate of drug-likeness (QED) is 0.845. The van der Waals surface area contributed by atoms with E-state index < -0.39 is 20.0 Å². The van der Waals surface area contributed by atoms with Crippen molar-refractivity contribution < 1.29 is 16.8 Å². The molecule has 3 rings (SSSR count). The second kappa shape index (κ2) is 5.89. The molecule has 2 aromatic rings. The SMILES string of the molecule is NS(=O)(=O)c1ccc2c(c1)N(S(=O)(=O)c1cc(Cl)cc(Cl)c1)CC2. The van der Waals surface area contributed by atoms with Crippen LogP contribution in [0.2, 0.25) is 10.0 Å². The average Bonchev–Trinajstić information content (AvgIpc) is 2.88. The molecule has 0 atom stereocenters. The number of nitrogens with two attached hydrogens (primary N) is 1. The fraction of sp³-hybridized carbons (Fsp3) is 0.143. The van der Waals surface area contributed by atoms with Gasteiger partial charge in [0.1, 0.15) is 0 Å². The molecule has 2 aromatic carbocycles. The Hall–Kier alpha value is -1.32. The van der Waals surface area contributed by atoms with Crippen molar-refractivity contribution in [1.29, 1.82) is 0 Å². The van der Waals surface area contributed by atoms with Gasteiger partial charge >= 0.3 is 0 Å². The largest absolute Gasteiger partial charge is 0.266 e. The van der Waals surface area contributed by atoms with Crippen molar-refractivity contribution >= 4 is 48.9 Å². The molecule has 0 amide bonds. The Balaban J connectivity index is 2.13. The van der Waals surface area contributed by atoms with E-state index in [1.165, 1.54) is 30.3 Å². The van der Waals surface area contributed by atoms with Crippen molar-refractivity contribution in [3.05, 3.63) is 52.0 Å². The van der Waals surface area contributed by atoms with Gasteiger partial charge in [-0.25, -0.2) is 22.0 Å². The highest BCUT2D eigenvalue weighted by Crippen LogP contribution is 2.35. The van der Waals surface area contributed by atoms with Crippen LogP contribution in [0.15, 0.2) is 46.2 Å². The van der Waals surface area contributed by atoms with Gasteiger partial charge in [-0.05, 0) is 42.3 Å². The molecule has 0 aromatic heterocycles. The normalized spacial score (nSPS) is 14.7. The summed E-state index contributed by atoms with van der Waals surface area (Å²) in [4.78, 5) is -0.207. The van der Waals surface area contributed by atoms with Crippen molar-refractivity contribution in [3.8, 4) is 0 Å². The molecule has 0 unspecified atom stereocenters. The van der Waals surface area contributed by atoms with E-state index in [-0.39, 0.29) is 32.1 Å². The van der Waals surface area contributed by atoms with Crippen LogP contribution in [-0.4, -0.2) is 23.4 Å². The Morgan fingerprint density at radius 3 is 2.12 bits per heavy atom. The summed E-state index contributed by atoms with van der Waals surface area (Å²) >= 11 is 11.8. The predicted octanol–water partition coefficient (Wildman–Crippen LogP) is 2.39. The third-order valence-electron chi connectivity index (χ3n) is 3.66. The molecule has 1 aliphatic rings. The first-order valence-electron chi connectivity index (χ1n) is 6.73. The number of halogens is 2. The summed E-state index contributed by atoms with van der Waals surface area (Å²) in [7, 11) is -7.87. The number of hydrogen-bond donors (Lipinski definition) is 1. The van der Waals surface area contributed by atoms with E-state index in [0.29, 0.717) is 6.42 Å². The minimum atomic E-state index is -3.94. The average molecular weight is 407 g/mol. The molecule has 6 nitrogen and oxygen atoms in total. The zero-order valence-electron chi connectivity index (χ0n) is 12.1. The number of rotatable bonds is 3. The van der Waals surface area contributed by atoms with Gasteiger partial charge in [0.2, 0.25) is 10.0 Å². The molecule has 0 aliphatic carbocycles. The van der Waals surface area contributed by atoms with Crippen LogP contribution in [0.3, 0.4) is 0 Å². The van der Waals surface area contributed by atoms with Crippen LogP contribution in [-0.2, 0) is 26.5 Å². The van der Waals surface area contributed by atoms with Crippen LogP contribution >= 0.6 is 23.2 Å². The summed E-state index contributed by atoms with van der Waals surface area (Å²) < 4.78 is 50.0. The Kier molecular flexibility index (Phi) is 4.29.